The Bertz CT molecular complexity index is 540. The molecule has 4 heteroatoms. The molecule has 0 aliphatic heterocycles. The standard InChI is InChI=1S/C12H14N2S2/c1-3-4-9-10(13-7-14-12(9)15)11-8(2)5-6-16-11/h5-7H,3-4H2,1-2H3,(H,13,14,15). The van der Waals surface area contributed by atoms with Gasteiger partial charge in [-0.05, 0) is 30.4 Å². The van der Waals surface area contributed by atoms with Crippen molar-refractivity contribution in [2.45, 2.75) is 26.7 Å². The minimum atomic E-state index is 0.725. The Morgan fingerprint density at radius 2 is 2.31 bits per heavy atom. The molecule has 16 heavy (non-hydrogen) atoms. The lowest BCUT2D eigenvalue weighted by Gasteiger charge is -2.07. The van der Waals surface area contributed by atoms with Gasteiger partial charge in [0.1, 0.15) is 4.64 Å². The summed E-state index contributed by atoms with van der Waals surface area (Å²) < 4.78 is 0.725. The van der Waals surface area contributed by atoms with Gasteiger partial charge < -0.3 is 4.98 Å². The summed E-state index contributed by atoms with van der Waals surface area (Å²) >= 11 is 7.04. The number of hydrogen-bond donors (Lipinski definition) is 1. The first-order chi connectivity index (χ1) is 7.74. The van der Waals surface area contributed by atoms with Crippen LogP contribution in [-0.2, 0) is 6.42 Å². The zero-order valence-electron chi connectivity index (χ0n) is 9.41. The summed E-state index contributed by atoms with van der Waals surface area (Å²) in [5, 5.41) is 2.11. The van der Waals surface area contributed by atoms with Crippen LogP contribution in [0.15, 0.2) is 17.8 Å². The lowest BCUT2D eigenvalue weighted by Crippen LogP contribution is -1.96. The highest BCUT2D eigenvalue weighted by Crippen LogP contribution is 2.30. The quantitative estimate of drug-likeness (QED) is 0.830. The van der Waals surface area contributed by atoms with E-state index in [4.69, 9.17) is 12.2 Å². The number of thiophene rings is 1. The number of rotatable bonds is 3. The van der Waals surface area contributed by atoms with Crippen molar-refractivity contribution in [2.24, 2.45) is 0 Å². The number of hydrogen-bond acceptors (Lipinski definition) is 3. The second-order valence-corrected chi connectivity index (χ2v) is 5.05. The third kappa shape index (κ3) is 2.08. The van der Waals surface area contributed by atoms with Gasteiger partial charge in [0.2, 0.25) is 0 Å². The summed E-state index contributed by atoms with van der Waals surface area (Å²) in [6.45, 7) is 4.28. The van der Waals surface area contributed by atoms with Crippen LogP contribution in [0.5, 0.6) is 0 Å². The highest BCUT2D eigenvalue weighted by atomic mass is 32.1. The second kappa shape index (κ2) is 4.89. The predicted octanol–water partition coefficient (Wildman–Crippen LogP) is 4.13. The van der Waals surface area contributed by atoms with Gasteiger partial charge in [0.25, 0.3) is 0 Å². The van der Waals surface area contributed by atoms with Gasteiger partial charge in [0.05, 0.1) is 16.9 Å². The van der Waals surface area contributed by atoms with Crippen molar-refractivity contribution in [3.05, 3.63) is 33.5 Å². The van der Waals surface area contributed by atoms with Gasteiger partial charge in [0.15, 0.2) is 0 Å². The molecule has 0 unspecified atom stereocenters. The van der Waals surface area contributed by atoms with Crippen molar-refractivity contribution >= 4 is 23.6 Å². The third-order valence-corrected chi connectivity index (χ3v) is 3.93. The lowest BCUT2D eigenvalue weighted by atomic mass is 10.1. The normalized spacial score (nSPS) is 10.6. The lowest BCUT2D eigenvalue weighted by molar-refractivity contribution is 0.899. The first kappa shape index (κ1) is 11.5. The summed E-state index contributed by atoms with van der Waals surface area (Å²) in [5.41, 5.74) is 3.61. The van der Waals surface area contributed by atoms with Crippen LogP contribution in [0.25, 0.3) is 10.6 Å². The van der Waals surface area contributed by atoms with E-state index < -0.39 is 0 Å². The molecule has 2 nitrogen and oxygen atoms in total. The first-order valence-corrected chi connectivity index (χ1v) is 6.64. The van der Waals surface area contributed by atoms with E-state index in [1.165, 1.54) is 16.0 Å². The van der Waals surface area contributed by atoms with Crippen LogP contribution in [0.4, 0.5) is 0 Å². The fraction of sp³-hybridized carbons (Fsp3) is 0.333. The first-order valence-electron chi connectivity index (χ1n) is 5.35. The Morgan fingerprint density at radius 3 is 2.94 bits per heavy atom. The highest BCUT2D eigenvalue weighted by Gasteiger charge is 2.10. The topological polar surface area (TPSA) is 28.7 Å². The van der Waals surface area contributed by atoms with Crippen LogP contribution in [0.2, 0.25) is 0 Å². The number of nitrogens with one attached hydrogen (secondary N) is 1. The molecule has 0 amide bonds. The van der Waals surface area contributed by atoms with Crippen LogP contribution >= 0.6 is 23.6 Å². The molecule has 0 aliphatic rings. The SMILES string of the molecule is CCCc1c(-c2sccc2C)[nH]cnc1=S. The Hall–Kier alpha value is -1.00. The van der Waals surface area contributed by atoms with Gasteiger partial charge in [-0.2, -0.15) is 0 Å². The van der Waals surface area contributed by atoms with E-state index in [0.29, 0.717) is 0 Å². The summed E-state index contributed by atoms with van der Waals surface area (Å²) in [4.78, 5) is 8.68. The van der Waals surface area contributed by atoms with E-state index in [9.17, 15) is 0 Å². The molecule has 2 aromatic heterocycles. The van der Waals surface area contributed by atoms with Gasteiger partial charge in [-0.15, -0.1) is 11.3 Å². The van der Waals surface area contributed by atoms with Crippen molar-refractivity contribution in [3.63, 3.8) is 0 Å². The maximum absolute atomic E-state index is 5.30. The van der Waals surface area contributed by atoms with E-state index in [-0.39, 0.29) is 0 Å². The van der Waals surface area contributed by atoms with Gasteiger partial charge in [-0.1, -0.05) is 25.6 Å². The molecular formula is C12H14N2S2. The maximum atomic E-state index is 5.30. The van der Waals surface area contributed by atoms with Gasteiger partial charge in [-0.3, -0.25) is 0 Å². The Labute approximate surface area is 104 Å². The molecular weight excluding hydrogens is 236 g/mol. The van der Waals surface area contributed by atoms with E-state index in [1.807, 2.05) is 0 Å². The second-order valence-electron chi connectivity index (χ2n) is 3.74. The summed E-state index contributed by atoms with van der Waals surface area (Å²) in [5.74, 6) is 0. The number of nitrogens with zero attached hydrogens (tertiary/aromatic N) is 1. The van der Waals surface area contributed by atoms with Crippen molar-refractivity contribution in [3.8, 4) is 10.6 Å². The van der Waals surface area contributed by atoms with Gasteiger partial charge in [-0.25, -0.2) is 4.98 Å². The zero-order chi connectivity index (χ0) is 11.5. The zero-order valence-corrected chi connectivity index (χ0v) is 11.0. The van der Waals surface area contributed by atoms with Gasteiger partial charge >= 0.3 is 0 Å². The number of aromatic amines is 1. The molecule has 2 rings (SSSR count). The smallest absolute Gasteiger partial charge is 0.133 e. The molecule has 0 saturated carbocycles. The van der Waals surface area contributed by atoms with Crippen molar-refractivity contribution in [1.82, 2.24) is 9.97 Å². The van der Waals surface area contributed by atoms with E-state index in [2.05, 4.69) is 35.3 Å². The van der Waals surface area contributed by atoms with Crippen LogP contribution in [0, 0.1) is 11.6 Å². The number of aromatic nitrogens is 2. The molecule has 0 fully saturated rings. The molecule has 2 aromatic rings. The summed E-state index contributed by atoms with van der Waals surface area (Å²) in [6.07, 6.45) is 3.76. The van der Waals surface area contributed by atoms with Crippen LogP contribution in [0.3, 0.4) is 0 Å². The maximum Gasteiger partial charge on any atom is 0.133 e. The Balaban J connectivity index is 2.61. The minimum Gasteiger partial charge on any atom is -0.345 e. The molecule has 0 aliphatic carbocycles. The molecule has 0 bridgehead atoms. The third-order valence-electron chi connectivity index (χ3n) is 2.54. The fourth-order valence-electron chi connectivity index (χ4n) is 1.74. The molecule has 2 heterocycles. The van der Waals surface area contributed by atoms with Gasteiger partial charge in [0, 0.05) is 5.56 Å². The fourth-order valence-corrected chi connectivity index (χ4v) is 2.96. The van der Waals surface area contributed by atoms with Crippen LogP contribution < -0.4 is 0 Å². The molecule has 84 valence electrons. The average molecular weight is 250 g/mol. The summed E-state index contributed by atoms with van der Waals surface area (Å²) in [7, 11) is 0. The largest absolute Gasteiger partial charge is 0.345 e. The molecule has 1 N–H and O–H groups in total. The Morgan fingerprint density at radius 1 is 1.50 bits per heavy atom. The van der Waals surface area contributed by atoms with Crippen LogP contribution in [0.1, 0.15) is 24.5 Å². The predicted molar refractivity (Wildman–Crippen MR) is 71.5 cm³/mol. The van der Waals surface area contributed by atoms with Crippen molar-refractivity contribution in [2.75, 3.05) is 0 Å². The Kier molecular flexibility index (Phi) is 3.51. The average Bonchev–Trinajstić information content (AvgIpc) is 2.68. The monoisotopic (exact) mass is 250 g/mol. The molecule has 0 radical (unpaired) electrons. The minimum absolute atomic E-state index is 0.725. The molecule has 0 saturated heterocycles. The van der Waals surface area contributed by atoms with E-state index >= 15 is 0 Å². The molecule has 0 spiro atoms. The molecule has 0 atom stereocenters. The van der Waals surface area contributed by atoms with Crippen molar-refractivity contribution < 1.29 is 0 Å². The van der Waals surface area contributed by atoms with E-state index in [1.54, 1.807) is 17.7 Å². The number of H-pyrrole nitrogens is 1. The van der Waals surface area contributed by atoms with Crippen molar-refractivity contribution in [1.29, 1.82) is 0 Å². The summed E-state index contributed by atoms with van der Waals surface area (Å²) in [6, 6.07) is 2.13. The molecule has 0 aromatic carbocycles. The number of aryl methyl sites for hydroxylation is 1. The van der Waals surface area contributed by atoms with Crippen LogP contribution in [-0.4, -0.2) is 9.97 Å². The van der Waals surface area contributed by atoms with E-state index in [0.717, 1.165) is 23.2 Å². The highest BCUT2D eigenvalue weighted by molar-refractivity contribution is 7.71.